The monoisotopic (exact) mass is 571 g/mol. The predicted molar refractivity (Wildman–Crippen MR) is 153 cm³/mol. The van der Waals surface area contributed by atoms with Gasteiger partial charge in [-0.3, -0.25) is 13.9 Å². The summed E-state index contributed by atoms with van der Waals surface area (Å²) >= 11 is 6.17. The Morgan fingerprint density at radius 2 is 1.62 bits per heavy atom. The van der Waals surface area contributed by atoms with Crippen LogP contribution in [0.3, 0.4) is 0 Å². The third-order valence-electron chi connectivity index (χ3n) is 6.06. The molecule has 0 saturated heterocycles. The number of carbonyl (C=O) groups excluding carboxylic acids is 2. The molecular weight excluding hydrogens is 538 g/mol. The number of sulfonamides is 1. The van der Waals surface area contributed by atoms with Crippen molar-refractivity contribution in [3.8, 4) is 5.75 Å². The summed E-state index contributed by atoms with van der Waals surface area (Å²) in [6.45, 7) is 5.58. The number of hydrogen-bond donors (Lipinski definition) is 1. The quantitative estimate of drug-likeness (QED) is 0.339. The Labute approximate surface area is 235 Å². The van der Waals surface area contributed by atoms with Crippen LogP contribution in [0.25, 0.3) is 0 Å². The van der Waals surface area contributed by atoms with E-state index < -0.39 is 28.5 Å². The number of ether oxygens (including phenoxy) is 1. The smallest absolute Gasteiger partial charge is 0.264 e. The second kappa shape index (κ2) is 13.5. The third kappa shape index (κ3) is 7.97. The normalized spacial score (nSPS) is 12.1. The van der Waals surface area contributed by atoms with E-state index in [1.807, 2.05) is 13.8 Å². The molecule has 0 heterocycles. The van der Waals surface area contributed by atoms with Crippen molar-refractivity contribution in [3.63, 3.8) is 0 Å². The largest absolute Gasteiger partial charge is 0.497 e. The van der Waals surface area contributed by atoms with Gasteiger partial charge in [0, 0.05) is 18.1 Å². The van der Waals surface area contributed by atoms with Gasteiger partial charge < -0.3 is 15.0 Å². The molecule has 39 heavy (non-hydrogen) atoms. The van der Waals surface area contributed by atoms with E-state index in [4.69, 9.17) is 16.3 Å². The summed E-state index contributed by atoms with van der Waals surface area (Å²) in [6.07, 6.45) is 0. The molecule has 0 aliphatic carbocycles. The zero-order chi connectivity index (χ0) is 28.6. The Bertz CT molecular complexity index is 1370. The molecule has 3 aromatic rings. The van der Waals surface area contributed by atoms with Crippen molar-refractivity contribution in [2.24, 2.45) is 5.92 Å². The lowest BCUT2D eigenvalue weighted by Crippen LogP contribution is -2.51. The average Bonchev–Trinajstić information content (AvgIpc) is 2.93. The van der Waals surface area contributed by atoms with E-state index in [1.165, 1.54) is 24.1 Å². The van der Waals surface area contributed by atoms with Crippen LogP contribution in [-0.4, -0.2) is 51.4 Å². The molecule has 8 nitrogen and oxygen atoms in total. The van der Waals surface area contributed by atoms with E-state index in [2.05, 4.69) is 5.32 Å². The summed E-state index contributed by atoms with van der Waals surface area (Å²) in [7, 11) is -2.65. The molecule has 1 N–H and O–H groups in total. The van der Waals surface area contributed by atoms with Gasteiger partial charge in [0.15, 0.2) is 0 Å². The van der Waals surface area contributed by atoms with Gasteiger partial charge in [-0.05, 0) is 66.9 Å². The van der Waals surface area contributed by atoms with Crippen LogP contribution in [0.2, 0.25) is 5.02 Å². The lowest BCUT2D eigenvalue weighted by atomic mass is 10.1. The second-order valence-electron chi connectivity index (χ2n) is 9.49. The number of nitrogens with zero attached hydrogens (tertiary/aromatic N) is 2. The number of rotatable bonds is 12. The molecule has 0 bridgehead atoms. The molecule has 3 rings (SSSR count). The number of nitrogens with one attached hydrogen (secondary N) is 1. The fraction of sp³-hybridized carbons (Fsp3) is 0.310. The van der Waals surface area contributed by atoms with Crippen LogP contribution in [-0.2, 0) is 26.2 Å². The molecule has 208 valence electrons. The lowest BCUT2D eigenvalue weighted by Gasteiger charge is -2.32. The highest BCUT2D eigenvalue weighted by molar-refractivity contribution is 7.92. The van der Waals surface area contributed by atoms with Gasteiger partial charge in [0.2, 0.25) is 11.8 Å². The number of benzene rings is 3. The highest BCUT2D eigenvalue weighted by atomic mass is 35.5. The Hall–Kier alpha value is -3.56. The zero-order valence-electron chi connectivity index (χ0n) is 22.5. The maximum Gasteiger partial charge on any atom is 0.264 e. The van der Waals surface area contributed by atoms with Crippen molar-refractivity contribution in [2.45, 2.75) is 38.3 Å². The number of carbonyl (C=O) groups is 2. The van der Waals surface area contributed by atoms with Crippen LogP contribution in [0.15, 0.2) is 83.8 Å². The summed E-state index contributed by atoms with van der Waals surface area (Å²) in [5, 5.41) is 3.35. The van der Waals surface area contributed by atoms with E-state index in [0.717, 1.165) is 4.31 Å². The number of halogens is 1. The Kier molecular flexibility index (Phi) is 10.4. The van der Waals surface area contributed by atoms with Crippen LogP contribution in [0.5, 0.6) is 5.75 Å². The Morgan fingerprint density at radius 3 is 2.21 bits per heavy atom. The van der Waals surface area contributed by atoms with Gasteiger partial charge in [0.05, 0.1) is 17.7 Å². The lowest BCUT2D eigenvalue weighted by molar-refractivity contribution is -0.139. The molecule has 1 atom stereocenters. The van der Waals surface area contributed by atoms with Crippen molar-refractivity contribution < 1.29 is 22.7 Å². The molecule has 0 aliphatic heterocycles. The first kappa shape index (κ1) is 30.0. The van der Waals surface area contributed by atoms with E-state index >= 15 is 0 Å². The van der Waals surface area contributed by atoms with Crippen molar-refractivity contribution in [1.82, 2.24) is 10.2 Å². The molecule has 2 amide bonds. The van der Waals surface area contributed by atoms with Crippen LogP contribution < -0.4 is 14.4 Å². The molecule has 0 fully saturated rings. The van der Waals surface area contributed by atoms with Gasteiger partial charge in [0.1, 0.15) is 18.3 Å². The fourth-order valence-electron chi connectivity index (χ4n) is 3.86. The van der Waals surface area contributed by atoms with Gasteiger partial charge >= 0.3 is 0 Å². The average molecular weight is 572 g/mol. The van der Waals surface area contributed by atoms with Crippen molar-refractivity contribution in [3.05, 3.63) is 89.4 Å². The van der Waals surface area contributed by atoms with E-state index in [-0.39, 0.29) is 23.3 Å². The van der Waals surface area contributed by atoms with E-state index in [1.54, 1.807) is 73.7 Å². The molecular formula is C29H34ClN3O5S. The van der Waals surface area contributed by atoms with Crippen molar-refractivity contribution in [2.75, 3.05) is 24.5 Å². The minimum Gasteiger partial charge on any atom is -0.497 e. The number of para-hydroxylation sites is 1. The SMILES string of the molecule is COc1ccc(S(=O)(=O)N(CC(=O)N(Cc2cccc(Cl)c2)[C@@H](C)C(=O)NCC(C)C)c2ccccc2)cc1. The molecule has 0 saturated carbocycles. The molecule has 3 aromatic carbocycles. The Morgan fingerprint density at radius 1 is 0.949 bits per heavy atom. The highest BCUT2D eigenvalue weighted by Gasteiger charge is 2.32. The summed E-state index contributed by atoms with van der Waals surface area (Å²) in [4.78, 5) is 28.3. The summed E-state index contributed by atoms with van der Waals surface area (Å²) < 4.78 is 33.8. The van der Waals surface area contributed by atoms with Crippen LogP contribution in [0.1, 0.15) is 26.3 Å². The maximum absolute atomic E-state index is 13.9. The minimum absolute atomic E-state index is 0.00377. The van der Waals surface area contributed by atoms with Crippen molar-refractivity contribution in [1.29, 1.82) is 0 Å². The van der Waals surface area contributed by atoms with Gasteiger partial charge in [-0.2, -0.15) is 0 Å². The third-order valence-corrected chi connectivity index (χ3v) is 8.09. The number of methoxy groups -OCH3 is 1. The number of amides is 2. The summed E-state index contributed by atoms with van der Waals surface area (Å²) in [5.41, 5.74) is 1.03. The van der Waals surface area contributed by atoms with Gasteiger partial charge in [-0.1, -0.05) is 55.8 Å². The van der Waals surface area contributed by atoms with Gasteiger partial charge in [-0.15, -0.1) is 0 Å². The number of hydrogen-bond acceptors (Lipinski definition) is 5. The predicted octanol–water partition coefficient (Wildman–Crippen LogP) is 4.73. The van der Waals surface area contributed by atoms with Gasteiger partial charge in [-0.25, -0.2) is 8.42 Å². The van der Waals surface area contributed by atoms with Crippen LogP contribution in [0, 0.1) is 5.92 Å². The molecule has 0 radical (unpaired) electrons. The summed E-state index contributed by atoms with van der Waals surface area (Å²) in [5.74, 6) is -0.141. The van der Waals surface area contributed by atoms with Gasteiger partial charge in [0.25, 0.3) is 10.0 Å². The topological polar surface area (TPSA) is 96.0 Å². The highest BCUT2D eigenvalue weighted by Crippen LogP contribution is 2.26. The maximum atomic E-state index is 13.9. The standard InChI is InChI=1S/C29H34ClN3O5S/c1-21(2)18-31-29(35)22(3)32(19-23-9-8-10-24(30)17-23)28(34)20-33(25-11-6-5-7-12-25)39(36,37)27-15-13-26(38-4)14-16-27/h5-17,21-22H,18-20H2,1-4H3,(H,31,35)/t22-/m0/s1. The van der Waals surface area contributed by atoms with E-state index in [0.29, 0.717) is 28.6 Å². The first-order valence-electron chi connectivity index (χ1n) is 12.6. The van der Waals surface area contributed by atoms with Crippen LogP contribution in [0.4, 0.5) is 5.69 Å². The first-order chi connectivity index (χ1) is 18.5. The summed E-state index contributed by atoms with van der Waals surface area (Å²) in [6, 6.07) is 20.5. The molecule has 0 aromatic heterocycles. The zero-order valence-corrected chi connectivity index (χ0v) is 24.1. The fourth-order valence-corrected chi connectivity index (χ4v) is 5.49. The number of anilines is 1. The van der Waals surface area contributed by atoms with Crippen LogP contribution >= 0.6 is 11.6 Å². The molecule has 0 aliphatic rings. The minimum atomic E-state index is -4.15. The molecule has 0 unspecified atom stereocenters. The first-order valence-corrected chi connectivity index (χ1v) is 14.4. The second-order valence-corrected chi connectivity index (χ2v) is 11.8. The molecule has 0 spiro atoms. The van der Waals surface area contributed by atoms with E-state index in [9.17, 15) is 18.0 Å². The molecule has 10 heteroatoms. The van der Waals surface area contributed by atoms with Crippen molar-refractivity contribution >= 4 is 39.1 Å². The Balaban J connectivity index is 1.98.